The Hall–Kier alpha value is -0.760. The molecular formula is C54H110N2O6P+. The predicted octanol–water partition coefficient (Wildman–Crippen LogP) is 16.3. The SMILES string of the molecule is CCCCCCCC/C=C\CCCCCCCCCC(=O)NC(COP(=O)(O)OCC[N+](C)(C)C)C(O)CCCCCCCCCCCCCCCCCCCCCCCCCC. The molecular weight excluding hydrogens is 804 g/mol. The van der Waals surface area contributed by atoms with Crippen LogP contribution in [0.2, 0.25) is 0 Å². The molecule has 0 aromatic heterocycles. The van der Waals surface area contributed by atoms with Crippen LogP contribution in [0.4, 0.5) is 0 Å². The van der Waals surface area contributed by atoms with Gasteiger partial charge in [-0.05, 0) is 38.5 Å². The number of carbonyl (C=O) groups excluding carboxylic acids is 1. The number of quaternary nitrogens is 1. The number of amides is 1. The minimum absolute atomic E-state index is 0.0761. The van der Waals surface area contributed by atoms with Crippen LogP contribution in [0, 0.1) is 0 Å². The van der Waals surface area contributed by atoms with Crippen molar-refractivity contribution in [3.63, 3.8) is 0 Å². The summed E-state index contributed by atoms with van der Waals surface area (Å²) in [4.78, 5) is 23.3. The number of carbonyl (C=O) groups is 1. The Bertz CT molecular complexity index is 1040. The second kappa shape index (κ2) is 46.4. The standard InChI is InChI=1S/C54H109N2O6P/c1-6-8-10-12-14-16-18-20-22-24-25-26-27-28-29-30-32-33-35-37-39-41-43-45-47-53(57)52(51-62-63(59,60)61-50-49-56(3,4)5)55-54(58)48-46-44-42-40-38-36-34-31-23-21-19-17-15-13-11-9-7-2/h21,23,52-53,57H,6-20,22,24-51H2,1-5H3,(H-,55,58,59,60)/p+1/b23-21-. The average Bonchev–Trinajstić information content (AvgIpc) is 3.24. The molecule has 0 saturated heterocycles. The lowest BCUT2D eigenvalue weighted by molar-refractivity contribution is -0.870. The molecule has 63 heavy (non-hydrogen) atoms. The van der Waals surface area contributed by atoms with Crippen molar-refractivity contribution in [2.24, 2.45) is 0 Å². The molecule has 3 unspecified atom stereocenters. The number of nitrogens with one attached hydrogen (secondary N) is 1. The molecule has 0 aliphatic rings. The zero-order valence-electron chi connectivity index (χ0n) is 42.8. The highest BCUT2D eigenvalue weighted by molar-refractivity contribution is 7.47. The number of allylic oxidation sites excluding steroid dienone is 2. The Labute approximate surface area is 392 Å². The zero-order valence-corrected chi connectivity index (χ0v) is 43.7. The van der Waals surface area contributed by atoms with Gasteiger partial charge < -0.3 is 19.8 Å². The van der Waals surface area contributed by atoms with Gasteiger partial charge in [-0.3, -0.25) is 13.8 Å². The maximum atomic E-state index is 13.0. The number of hydrogen-bond acceptors (Lipinski definition) is 5. The summed E-state index contributed by atoms with van der Waals surface area (Å²) in [7, 11) is 1.62. The van der Waals surface area contributed by atoms with Crippen molar-refractivity contribution in [2.45, 2.75) is 289 Å². The van der Waals surface area contributed by atoms with E-state index in [9.17, 15) is 19.4 Å². The molecule has 0 aliphatic carbocycles. The van der Waals surface area contributed by atoms with Crippen LogP contribution in [-0.2, 0) is 18.4 Å². The number of rotatable bonds is 51. The van der Waals surface area contributed by atoms with E-state index in [0.717, 1.165) is 38.5 Å². The van der Waals surface area contributed by atoms with E-state index in [1.165, 1.54) is 212 Å². The first-order valence-corrected chi connectivity index (χ1v) is 29.0. The maximum Gasteiger partial charge on any atom is 0.472 e. The van der Waals surface area contributed by atoms with E-state index < -0.39 is 20.0 Å². The summed E-state index contributed by atoms with van der Waals surface area (Å²) in [6.45, 7) is 4.92. The number of aliphatic hydroxyl groups is 1. The monoisotopic (exact) mass is 914 g/mol. The molecule has 0 saturated carbocycles. The molecule has 0 aromatic carbocycles. The van der Waals surface area contributed by atoms with Crippen molar-refractivity contribution in [3.8, 4) is 0 Å². The number of phosphoric acid groups is 1. The van der Waals surface area contributed by atoms with Gasteiger partial charge in [-0.1, -0.05) is 244 Å². The van der Waals surface area contributed by atoms with Crippen LogP contribution in [0.15, 0.2) is 12.2 Å². The van der Waals surface area contributed by atoms with Gasteiger partial charge in [0, 0.05) is 6.42 Å². The number of phosphoric ester groups is 1. The summed E-state index contributed by atoms with van der Waals surface area (Å²) in [5, 5.41) is 14.1. The van der Waals surface area contributed by atoms with Crippen molar-refractivity contribution < 1.29 is 32.9 Å². The summed E-state index contributed by atoms with van der Waals surface area (Å²) in [6.07, 6.45) is 55.4. The Morgan fingerprint density at radius 2 is 0.857 bits per heavy atom. The van der Waals surface area contributed by atoms with E-state index in [2.05, 4.69) is 31.3 Å². The molecule has 0 radical (unpaired) electrons. The fraction of sp³-hybridized carbons (Fsp3) is 0.944. The second-order valence-electron chi connectivity index (χ2n) is 20.3. The van der Waals surface area contributed by atoms with Gasteiger partial charge in [-0.2, -0.15) is 0 Å². The van der Waals surface area contributed by atoms with E-state index in [4.69, 9.17) is 9.05 Å². The third-order valence-corrected chi connectivity index (χ3v) is 13.7. The number of unbranched alkanes of at least 4 members (excludes halogenated alkanes) is 36. The molecule has 0 fully saturated rings. The number of likely N-dealkylation sites (N-methyl/N-ethyl adjacent to an activating group) is 1. The summed E-state index contributed by atoms with van der Waals surface area (Å²) in [6, 6.07) is -0.760. The molecule has 1 amide bonds. The summed E-state index contributed by atoms with van der Waals surface area (Å²) in [5.74, 6) is -0.145. The molecule has 9 heteroatoms. The Morgan fingerprint density at radius 1 is 0.524 bits per heavy atom. The molecule has 3 N–H and O–H groups in total. The molecule has 8 nitrogen and oxygen atoms in total. The predicted molar refractivity (Wildman–Crippen MR) is 272 cm³/mol. The molecule has 0 spiro atoms. The van der Waals surface area contributed by atoms with Crippen LogP contribution < -0.4 is 5.32 Å². The van der Waals surface area contributed by atoms with Crippen molar-refractivity contribution in [1.82, 2.24) is 5.32 Å². The van der Waals surface area contributed by atoms with E-state index >= 15 is 0 Å². The highest BCUT2D eigenvalue weighted by Gasteiger charge is 2.28. The third-order valence-electron chi connectivity index (χ3n) is 12.8. The van der Waals surface area contributed by atoms with Gasteiger partial charge in [0.05, 0.1) is 39.9 Å². The number of nitrogens with zero attached hydrogens (tertiary/aromatic N) is 1. The molecule has 376 valence electrons. The van der Waals surface area contributed by atoms with E-state index in [-0.39, 0.29) is 19.1 Å². The average molecular weight is 914 g/mol. The summed E-state index contributed by atoms with van der Waals surface area (Å²) < 4.78 is 23.8. The highest BCUT2D eigenvalue weighted by atomic mass is 31.2. The quantitative estimate of drug-likeness (QED) is 0.0243. The van der Waals surface area contributed by atoms with E-state index in [0.29, 0.717) is 23.9 Å². The first kappa shape index (κ1) is 62.2. The van der Waals surface area contributed by atoms with Crippen LogP contribution >= 0.6 is 7.82 Å². The van der Waals surface area contributed by atoms with Crippen molar-refractivity contribution in [2.75, 3.05) is 40.9 Å². The van der Waals surface area contributed by atoms with Crippen LogP contribution in [0.25, 0.3) is 0 Å². The lowest BCUT2D eigenvalue weighted by Crippen LogP contribution is -2.46. The Balaban J connectivity index is 4.17. The van der Waals surface area contributed by atoms with Gasteiger partial charge in [-0.15, -0.1) is 0 Å². The van der Waals surface area contributed by atoms with Crippen molar-refractivity contribution in [3.05, 3.63) is 12.2 Å². The molecule has 0 aromatic rings. The van der Waals surface area contributed by atoms with Gasteiger partial charge in [0.25, 0.3) is 0 Å². The van der Waals surface area contributed by atoms with E-state index in [1.54, 1.807) is 0 Å². The molecule has 0 heterocycles. The third kappa shape index (κ3) is 49.0. The van der Waals surface area contributed by atoms with Gasteiger partial charge in [0.2, 0.25) is 5.91 Å². The number of hydrogen-bond donors (Lipinski definition) is 3. The normalized spacial score (nSPS) is 14.1. The minimum Gasteiger partial charge on any atom is -0.391 e. The van der Waals surface area contributed by atoms with Crippen molar-refractivity contribution >= 4 is 13.7 Å². The molecule has 0 bridgehead atoms. The Kier molecular flexibility index (Phi) is 45.8. The van der Waals surface area contributed by atoms with Crippen LogP contribution in [0.3, 0.4) is 0 Å². The van der Waals surface area contributed by atoms with Crippen LogP contribution in [0.1, 0.15) is 277 Å². The van der Waals surface area contributed by atoms with Crippen LogP contribution in [-0.4, -0.2) is 73.4 Å². The molecule has 0 rings (SSSR count). The first-order chi connectivity index (χ1) is 30.5. The maximum absolute atomic E-state index is 13.0. The topological polar surface area (TPSA) is 105 Å². The van der Waals surface area contributed by atoms with E-state index in [1.807, 2.05) is 21.1 Å². The first-order valence-electron chi connectivity index (χ1n) is 27.6. The van der Waals surface area contributed by atoms with Crippen molar-refractivity contribution in [1.29, 1.82) is 0 Å². The van der Waals surface area contributed by atoms with Gasteiger partial charge >= 0.3 is 7.82 Å². The zero-order chi connectivity index (χ0) is 46.4. The fourth-order valence-electron chi connectivity index (χ4n) is 8.40. The largest absolute Gasteiger partial charge is 0.472 e. The molecule has 3 atom stereocenters. The lowest BCUT2D eigenvalue weighted by Gasteiger charge is -2.26. The number of aliphatic hydroxyl groups excluding tert-OH is 1. The van der Waals surface area contributed by atoms with Gasteiger partial charge in [0.1, 0.15) is 13.2 Å². The minimum atomic E-state index is -4.32. The van der Waals surface area contributed by atoms with Crippen LogP contribution in [0.5, 0.6) is 0 Å². The summed E-state index contributed by atoms with van der Waals surface area (Å²) >= 11 is 0. The smallest absolute Gasteiger partial charge is 0.391 e. The lowest BCUT2D eigenvalue weighted by atomic mass is 10.0. The highest BCUT2D eigenvalue weighted by Crippen LogP contribution is 2.43. The summed E-state index contributed by atoms with van der Waals surface area (Å²) in [5.41, 5.74) is 0. The van der Waals surface area contributed by atoms with Gasteiger partial charge in [0.15, 0.2) is 0 Å². The second-order valence-corrected chi connectivity index (χ2v) is 21.8. The fourth-order valence-corrected chi connectivity index (χ4v) is 9.13. The Morgan fingerprint density at radius 3 is 1.22 bits per heavy atom. The molecule has 0 aliphatic heterocycles. The van der Waals surface area contributed by atoms with Gasteiger partial charge in [-0.25, -0.2) is 4.57 Å².